The van der Waals surface area contributed by atoms with Crippen LogP contribution in [0.2, 0.25) is 0 Å². The standard InChI is InChI=1S/C77H128O6/c1-4-7-10-13-16-19-22-25-28-31-34-35-36-37-38-39-40-41-44-46-49-52-55-58-61-64-67-70-76(79)82-73-74(83-77(80)71-68-65-62-59-56-53-50-47-43-33-30-27-24-21-18-15-12-9-6-3)72-81-75(78)69-66-63-60-57-54-51-48-45-42-32-29-26-23-20-17-14-11-8-5-2/h8-9,11-12,17-18,20-22,25-27,29-31,34,36-37,42-43,45,47,74H,4-7,10,13-16,19,23-24,28,32-33,35,38-41,44,46,48-73H2,1-3H3/b11-8-,12-9-,20-17-,21-18-,25-22-,29-26-,30-27-,34-31-,37-36-,45-42-,47-43-. The molecule has 0 bridgehead atoms. The minimum Gasteiger partial charge on any atom is -0.462 e. The molecule has 0 aromatic heterocycles. The molecule has 0 amide bonds. The Bertz CT molecular complexity index is 1750. The Morgan fingerprint density at radius 2 is 0.470 bits per heavy atom. The Morgan fingerprint density at radius 3 is 0.735 bits per heavy atom. The van der Waals surface area contributed by atoms with E-state index in [1.54, 1.807) is 0 Å². The van der Waals surface area contributed by atoms with Crippen molar-refractivity contribution in [2.45, 2.75) is 322 Å². The Balaban J connectivity index is 4.40. The maximum absolute atomic E-state index is 13.0. The van der Waals surface area contributed by atoms with E-state index in [2.05, 4.69) is 154 Å². The maximum Gasteiger partial charge on any atom is 0.306 e. The zero-order valence-electron chi connectivity index (χ0n) is 54.2. The third-order valence-electron chi connectivity index (χ3n) is 14.6. The van der Waals surface area contributed by atoms with Crippen molar-refractivity contribution >= 4 is 17.9 Å². The van der Waals surface area contributed by atoms with E-state index < -0.39 is 6.10 Å². The van der Waals surface area contributed by atoms with E-state index in [-0.39, 0.29) is 31.1 Å². The monoisotopic (exact) mass is 1150 g/mol. The van der Waals surface area contributed by atoms with Crippen LogP contribution in [0.3, 0.4) is 0 Å². The third kappa shape index (κ3) is 68.2. The van der Waals surface area contributed by atoms with Crippen LogP contribution < -0.4 is 0 Å². The van der Waals surface area contributed by atoms with Gasteiger partial charge in [0, 0.05) is 19.3 Å². The van der Waals surface area contributed by atoms with Crippen molar-refractivity contribution in [3.8, 4) is 0 Å². The van der Waals surface area contributed by atoms with Crippen LogP contribution in [0.4, 0.5) is 0 Å². The number of ether oxygens (including phenoxy) is 3. The number of rotatable bonds is 62. The summed E-state index contributed by atoms with van der Waals surface area (Å²) >= 11 is 0. The van der Waals surface area contributed by atoms with Crippen LogP contribution in [0.5, 0.6) is 0 Å². The van der Waals surface area contributed by atoms with E-state index in [9.17, 15) is 14.4 Å². The van der Waals surface area contributed by atoms with Gasteiger partial charge in [-0.2, -0.15) is 0 Å². The van der Waals surface area contributed by atoms with Crippen LogP contribution in [0.1, 0.15) is 316 Å². The highest BCUT2D eigenvalue weighted by molar-refractivity contribution is 5.71. The van der Waals surface area contributed by atoms with E-state index in [1.807, 2.05) is 0 Å². The summed E-state index contributed by atoms with van der Waals surface area (Å²) in [4.78, 5) is 38.5. The van der Waals surface area contributed by atoms with Crippen molar-refractivity contribution in [1.82, 2.24) is 0 Å². The first-order valence-corrected chi connectivity index (χ1v) is 34.7. The molecule has 0 spiro atoms. The van der Waals surface area contributed by atoms with Crippen LogP contribution in [-0.4, -0.2) is 37.2 Å². The minimum atomic E-state index is -0.800. The quantitative estimate of drug-likeness (QED) is 0.0261. The minimum absolute atomic E-state index is 0.0925. The highest BCUT2D eigenvalue weighted by Crippen LogP contribution is 2.16. The van der Waals surface area contributed by atoms with Crippen LogP contribution in [0.25, 0.3) is 0 Å². The molecule has 1 unspecified atom stereocenters. The van der Waals surface area contributed by atoms with Crippen molar-refractivity contribution < 1.29 is 28.6 Å². The van der Waals surface area contributed by atoms with Gasteiger partial charge in [-0.1, -0.05) is 296 Å². The van der Waals surface area contributed by atoms with Crippen LogP contribution in [0.15, 0.2) is 134 Å². The number of carbonyl (C=O) groups excluding carboxylic acids is 3. The molecule has 0 aliphatic rings. The lowest BCUT2D eigenvalue weighted by Gasteiger charge is -2.18. The first-order chi connectivity index (χ1) is 41.0. The fourth-order valence-corrected chi connectivity index (χ4v) is 9.49. The van der Waals surface area contributed by atoms with Crippen molar-refractivity contribution in [3.63, 3.8) is 0 Å². The largest absolute Gasteiger partial charge is 0.462 e. The fraction of sp³-hybridized carbons (Fsp3) is 0.675. The number of hydrogen-bond donors (Lipinski definition) is 0. The second-order valence-corrected chi connectivity index (χ2v) is 22.7. The second-order valence-electron chi connectivity index (χ2n) is 22.7. The molecule has 6 nitrogen and oxygen atoms in total. The van der Waals surface area contributed by atoms with Gasteiger partial charge in [0.1, 0.15) is 13.2 Å². The predicted octanol–water partition coefficient (Wildman–Crippen LogP) is 24.1. The molecule has 0 saturated carbocycles. The summed E-state index contributed by atoms with van der Waals surface area (Å²) in [5.74, 6) is -0.916. The third-order valence-corrected chi connectivity index (χ3v) is 14.6. The number of esters is 3. The van der Waals surface area contributed by atoms with E-state index in [0.717, 1.165) is 148 Å². The molecule has 0 heterocycles. The summed E-state index contributed by atoms with van der Waals surface area (Å²) in [7, 11) is 0. The summed E-state index contributed by atoms with van der Waals surface area (Å²) in [5, 5.41) is 0. The lowest BCUT2D eigenvalue weighted by Crippen LogP contribution is -2.30. The maximum atomic E-state index is 13.0. The lowest BCUT2D eigenvalue weighted by molar-refractivity contribution is -0.167. The summed E-state index contributed by atoms with van der Waals surface area (Å²) in [6, 6.07) is 0. The summed E-state index contributed by atoms with van der Waals surface area (Å²) in [5.41, 5.74) is 0. The first-order valence-electron chi connectivity index (χ1n) is 34.7. The molecular formula is C77H128O6. The van der Waals surface area contributed by atoms with E-state index in [1.165, 1.54) is 128 Å². The SMILES string of the molecule is CC/C=C\C/C=C\C/C=C\C/C=C\CCCCCCCCC(=O)OCC(COC(=O)CCCCCCCCCCCCCC/C=C\C/C=C\C/C=C\CCCCCCC)OC(=O)CCCCCCCC/C=C\C/C=C\C/C=C\C/C=C\CC. The van der Waals surface area contributed by atoms with Crippen LogP contribution in [0, 0.1) is 0 Å². The van der Waals surface area contributed by atoms with E-state index in [4.69, 9.17) is 14.2 Å². The number of allylic oxidation sites excluding steroid dienone is 22. The molecule has 0 saturated heterocycles. The second kappa shape index (κ2) is 70.0. The molecule has 1 atom stereocenters. The number of carbonyl (C=O) groups is 3. The molecule has 0 radical (unpaired) electrons. The molecule has 6 heteroatoms. The zero-order valence-corrected chi connectivity index (χ0v) is 54.2. The molecule has 0 aromatic carbocycles. The average Bonchev–Trinajstić information content (AvgIpc) is 3.50. The van der Waals surface area contributed by atoms with Gasteiger partial charge in [-0.3, -0.25) is 14.4 Å². The Hall–Kier alpha value is -4.45. The van der Waals surface area contributed by atoms with E-state index in [0.29, 0.717) is 19.3 Å². The molecular weight excluding hydrogens is 1020 g/mol. The number of unbranched alkanes of at least 4 members (excludes halogenated alkanes) is 29. The van der Waals surface area contributed by atoms with Crippen molar-refractivity contribution in [3.05, 3.63) is 134 Å². The molecule has 0 aromatic rings. The molecule has 0 aliphatic carbocycles. The Kier molecular flexibility index (Phi) is 66.3. The molecule has 0 rings (SSSR count). The van der Waals surface area contributed by atoms with Crippen LogP contribution in [-0.2, 0) is 28.6 Å². The number of hydrogen-bond acceptors (Lipinski definition) is 6. The summed E-state index contributed by atoms with van der Waals surface area (Å²) < 4.78 is 17.0. The van der Waals surface area contributed by atoms with E-state index >= 15 is 0 Å². The predicted molar refractivity (Wildman–Crippen MR) is 362 cm³/mol. The summed E-state index contributed by atoms with van der Waals surface area (Å²) in [6.45, 7) is 6.40. The smallest absolute Gasteiger partial charge is 0.306 e. The van der Waals surface area contributed by atoms with Crippen molar-refractivity contribution in [1.29, 1.82) is 0 Å². The highest BCUT2D eigenvalue weighted by atomic mass is 16.6. The average molecular weight is 1150 g/mol. The van der Waals surface area contributed by atoms with Gasteiger partial charge in [-0.15, -0.1) is 0 Å². The van der Waals surface area contributed by atoms with Gasteiger partial charge < -0.3 is 14.2 Å². The van der Waals surface area contributed by atoms with Gasteiger partial charge in [0.25, 0.3) is 0 Å². The van der Waals surface area contributed by atoms with Gasteiger partial charge in [-0.05, 0) is 135 Å². The van der Waals surface area contributed by atoms with Gasteiger partial charge in [0.2, 0.25) is 0 Å². The van der Waals surface area contributed by atoms with Crippen molar-refractivity contribution in [2.75, 3.05) is 13.2 Å². The molecule has 0 N–H and O–H groups in total. The Morgan fingerprint density at radius 1 is 0.253 bits per heavy atom. The van der Waals surface area contributed by atoms with Crippen molar-refractivity contribution in [2.24, 2.45) is 0 Å². The van der Waals surface area contributed by atoms with Gasteiger partial charge in [0.05, 0.1) is 0 Å². The lowest BCUT2D eigenvalue weighted by atomic mass is 10.0. The van der Waals surface area contributed by atoms with Gasteiger partial charge in [-0.25, -0.2) is 0 Å². The first kappa shape index (κ1) is 78.5. The highest BCUT2D eigenvalue weighted by Gasteiger charge is 2.19. The molecule has 83 heavy (non-hydrogen) atoms. The Labute approximate surface area is 513 Å². The van der Waals surface area contributed by atoms with Gasteiger partial charge in [0.15, 0.2) is 6.10 Å². The topological polar surface area (TPSA) is 78.9 Å². The molecule has 0 fully saturated rings. The zero-order chi connectivity index (χ0) is 59.9. The van der Waals surface area contributed by atoms with Gasteiger partial charge >= 0.3 is 17.9 Å². The van der Waals surface area contributed by atoms with Crippen LogP contribution >= 0.6 is 0 Å². The fourth-order valence-electron chi connectivity index (χ4n) is 9.49. The molecule has 0 aliphatic heterocycles. The molecule has 472 valence electrons. The summed E-state index contributed by atoms with van der Waals surface area (Å²) in [6.07, 6.45) is 98.9. The normalized spacial score (nSPS) is 13.0.